The quantitative estimate of drug-likeness (QED) is 0.401. The molecule has 146 valence electrons. The highest BCUT2D eigenvalue weighted by Gasteiger charge is 2.23. The fourth-order valence-electron chi connectivity index (χ4n) is 2.89. The molecule has 0 amide bonds. The Morgan fingerprint density at radius 3 is 2.77 bits per heavy atom. The number of aryl methyl sites for hydroxylation is 1. The van der Waals surface area contributed by atoms with Crippen molar-refractivity contribution >= 4 is 34.1 Å². The molecule has 1 unspecified atom stereocenters. The number of piperazine rings is 1. The predicted octanol–water partition coefficient (Wildman–Crippen LogP) is 1.90. The third-order valence-corrected chi connectivity index (χ3v) is 6.14. The zero-order chi connectivity index (χ0) is 19.1. The van der Waals surface area contributed by atoms with Crippen LogP contribution in [0.25, 0.3) is 0 Å². The Bertz CT molecular complexity index is 617. The Hall–Kier alpha value is -1.23. The van der Waals surface area contributed by atoms with Crippen LogP contribution in [0.5, 0.6) is 0 Å². The highest BCUT2D eigenvalue weighted by molar-refractivity contribution is 8.22. The second-order valence-corrected chi connectivity index (χ2v) is 8.10. The summed E-state index contributed by atoms with van der Waals surface area (Å²) < 4.78 is 2.22. The van der Waals surface area contributed by atoms with E-state index in [1.165, 1.54) is 35.4 Å². The van der Waals surface area contributed by atoms with Crippen LogP contribution in [0, 0.1) is 17.0 Å². The van der Waals surface area contributed by atoms with Gasteiger partial charge in [0, 0.05) is 38.9 Å². The number of thiocarbonyl (C=S) groups is 1. The van der Waals surface area contributed by atoms with E-state index < -0.39 is 11.0 Å². The Balaban J connectivity index is 1.76. The summed E-state index contributed by atoms with van der Waals surface area (Å²) >= 11 is 6.93. The number of hydrogen-bond donors (Lipinski definition) is 1. The van der Waals surface area contributed by atoms with Gasteiger partial charge in [0.05, 0.1) is 0 Å². The average molecular weight is 402 g/mol. The number of aromatic nitrogens is 2. The molecule has 26 heavy (non-hydrogen) atoms. The molecular weight excluding hydrogens is 374 g/mol. The van der Waals surface area contributed by atoms with Gasteiger partial charge in [-0.2, -0.15) is 0 Å². The van der Waals surface area contributed by atoms with Crippen LogP contribution in [0.4, 0.5) is 5.82 Å². The molecule has 2 rings (SSSR count). The maximum absolute atomic E-state index is 11.0. The van der Waals surface area contributed by atoms with E-state index in [1.54, 1.807) is 6.92 Å². The van der Waals surface area contributed by atoms with Crippen LogP contribution in [-0.4, -0.2) is 78.3 Å². The van der Waals surface area contributed by atoms with Crippen molar-refractivity contribution in [3.8, 4) is 0 Å². The van der Waals surface area contributed by atoms with Gasteiger partial charge in [0.15, 0.2) is 5.82 Å². The number of aliphatic hydroxyl groups is 1. The van der Waals surface area contributed by atoms with Crippen LogP contribution >= 0.6 is 24.0 Å². The second-order valence-electron chi connectivity index (χ2n) is 6.44. The van der Waals surface area contributed by atoms with Crippen molar-refractivity contribution in [2.75, 3.05) is 38.5 Å². The molecule has 1 aliphatic rings. The molecule has 0 saturated carbocycles. The number of hydrogen-bond acceptors (Lipinski definition) is 7. The summed E-state index contributed by atoms with van der Waals surface area (Å²) in [6.07, 6.45) is 2.93. The van der Waals surface area contributed by atoms with Crippen LogP contribution in [0.2, 0.25) is 0 Å². The monoisotopic (exact) mass is 401 g/mol. The molecule has 1 N–H and O–H groups in total. The molecule has 2 heterocycles. The standard InChI is InChI=1S/C16H27N5O3S2/c1-3-4-5-18-6-8-19(9-7-18)16(25)26-12-14(22)11-20-13(2)17-10-15(20)21(23)24/h10,14,22H,3-9,11-12H2,1-2H3. The highest BCUT2D eigenvalue weighted by atomic mass is 32.2. The van der Waals surface area contributed by atoms with Gasteiger partial charge in [-0.05, 0) is 17.9 Å². The highest BCUT2D eigenvalue weighted by Crippen LogP contribution is 2.18. The molecule has 0 spiro atoms. The first-order valence-electron chi connectivity index (χ1n) is 8.91. The molecule has 1 aliphatic heterocycles. The smallest absolute Gasteiger partial charge is 0.342 e. The zero-order valence-corrected chi connectivity index (χ0v) is 17.0. The molecule has 0 aliphatic carbocycles. The third-order valence-electron chi connectivity index (χ3n) is 4.47. The van der Waals surface area contributed by atoms with Crippen molar-refractivity contribution in [2.24, 2.45) is 0 Å². The Morgan fingerprint density at radius 1 is 1.46 bits per heavy atom. The lowest BCUT2D eigenvalue weighted by Crippen LogP contribution is -2.47. The molecule has 0 bridgehead atoms. The molecule has 10 heteroatoms. The van der Waals surface area contributed by atoms with Crippen molar-refractivity contribution in [3.63, 3.8) is 0 Å². The van der Waals surface area contributed by atoms with Crippen molar-refractivity contribution in [2.45, 2.75) is 39.3 Å². The second kappa shape index (κ2) is 10.2. The summed E-state index contributed by atoms with van der Waals surface area (Å²) in [6.45, 7) is 9.04. The van der Waals surface area contributed by atoms with Gasteiger partial charge in [-0.3, -0.25) is 4.90 Å². The maximum atomic E-state index is 11.0. The first-order chi connectivity index (χ1) is 12.4. The number of nitrogens with zero attached hydrogens (tertiary/aromatic N) is 5. The SMILES string of the molecule is CCCCN1CCN(C(=S)SCC(O)Cn2c([N+](=O)[O-])cnc2C)CC1. The largest absolute Gasteiger partial charge is 0.388 e. The van der Waals surface area contributed by atoms with Gasteiger partial charge in [-0.1, -0.05) is 37.3 Å². The first kappa shape index (κ1) is 21.1. The van der Waals surface area contributed by atoms with Crippen LogP contribution in [-0.2, 0) is 6.54 Å². The van der Waals surface area contributed by atoms with Gasteiger partial charge < -0.3 is 20.1 Å². The number of thioether (sulfide) groups is 1. The number of unbranched alkanes of at least 4 members (excludes halogenated alkanes) is 1. The molecule has 1 atom stereocenters. The minimum Gasteiger partial charge on any atom is -0.388 e. The van der Waals surface area contributed by atoms with E-state index in [-0.39, 0.29) is 12.4 Å². The van der Waals surface area contributed by atoms with E-state index in [1.807, 2.05) is 0 Å². The lowest BCUT2D eigenvalue weighted by molar-refractivity contribution is -0.392. The van der Waals surface area contributed by atoms with E-state index in [4.69, 9.17) is 12.2 Å². The third kappa shape index (κ3) is 5.90. The topological polar surface area (TPSA) is 87.7 Å². The Morgan fingerprint density at radius 2 is 2.15 bits per heavy atom. The van der Waals surface area contributed by atoms with E-state index in [0.717, 1.165) is 37.0 Å². The van der Waals surface area contributed by atoms with E-state index in [2.05, 4.69) is 21.7 Å². The van der Waals surface area contributed by atoms with Gasteiger partial charge in [0.1, 0.15) is 23.2 Å². The zero-order valence-electron chi connectivity index (χ0n) is 15.3. The molecule has 8 nitrogen and oxygen atoms in total. The van der Waals surface area contributed by atoms with Crippen LogP contribution in [0.1, 0.15) is 25.6 Å². The normalized spacial score (nSPS) is 16.7. The first-order valence-corrected chi connectivity index (χ1v) is 10.3. The lowest BCUT2D eigenvalue weighted by Gasteiger charge is -2.36. The summed E-state index contributed by atoms with van der Waals surface area (Å²) in [6, 6.07) is 0. The summed E-state index contributed by atoms with van der Waals surface area (Å²) in [7, 11) is 0. The summed E-state index contributed by atoms with van der Waals surface area (Å²) in [5.74, 6) is 0.827. The fourth-order valence-corrected chi connectivity index (χ4v) is 4.08. The van der Waals surface area contributed by atoms with Crippen molar-refractivity contribution in [1.82, 2.24) is 19.4 Å². The van der Waals surface area contributed by atoms with Crippen LogP contribution < -0.4 is 0 Å². The molecule has 1 aromatic heterocycles. The lowest BCUT2D eigenvalue weighted by atomic mass is 10.3. The number of rotatable bonds is 8. The van der Waals surface area contributed by atoms with Crippen molar-refractivity contribution in [3.05, 3.63) is 22.1 Å². The Kier molecular flexibility index (Phi) is 8.26. The number of imidazole rings is 1. The molecule has 1 saturated heterocycles. The molecule has 1 fully saturated rings. The van der Waals surface area contributed by atoms with Crippen molar-refractivity contribution in [1.29, 1.82) is 0 Å². The van der Waals surface area contributed by atoms with Crippen LogP contribution in [0.15, 0.2) is 6.20 Å². The van der Waals surface area contributed by atoms with Gasteiger partial charge in [-0.15, -0.1) is 0 Å². The Labute approximate surface area is 163 Å². The van der Waals surface area contributed by atoms with Gasteiger partial charge in [-0.25, -0.2) is 9.55 Å². The predicted molar refractivity (Wildman–Crippen MR) is 108 cm³/mol. The molecule has 0 radical (unpaired) electrons. The number of aliphatic hydroxyl groups excluding tert-OH is 1. The summed E-state index contributed by atoms with van der Waals surface area (Å²) in [5, 5.41) is 21.3. The number of nitro groups is 1. The summed E-state index contributed by atoms with van der Waals surface area (Å²) in [5.41, 5.74) is 0. The van der Waals surface area contributed by atoms with Gasteiger partial charge in [0.25, 0.3) is 0 Å². The molecule has 0 aromatic carbocycles. The molecule has 1 aromatic rings. The summed E-state index contributed by atoms with van der Waals surface area (Å²) in [4.78, 5) is 19.1. The van der Waals surface area contributed by atoms with E-state index in [9.17, 15) is 15.2 Å². The van der Waals surface area contributed by atoms with Gasteiger partial charge >= 0.3 is 5.82 Å². The minimum atomic E-state index is -0.726. The minimum absolute atomic E-state index is 0.0997. The maximum Gasteiger partial charge on any atom is 0.342 e. The van der Waals surface area contributed by atoms with E-state index >= 15 is 0 Å². The van der Waals surface area contributed by atoms with E-state index in [0.29, 0.717) is 11.6 Å². The molecular formula is C16H27N5O3S2. The van der Waals surface area contributed by atoms with Crippen LogP contribution in [0.3, 0.4) is 0 Å². The average Bonchev–Trinajstić information content (AvgIpc) is 2.99. The van der Waals surface area contributed by atoms with Gasteiger partial charge in [0.2, 0.25) is 0 Å². The van der Waals surface area contributed by atoms with Crippen molar-refractivity contribution < 1.29 is 10.0 Å². The fraction of sp³-hybridized carbons (Fsp3) is 0.750.